The number of nitrogens with one attached hydrogen (secondary N) is 2. The number of carbonyl (C=O) groups excluding carboxylic acids is 3. The van der Waals surface area contributed by atoms with E-state index in [2.05, 4.69) is 20.6 Å². The Balaban J connectivity index is 1.60. The summed E-state index contributed by atoms with van der Waals surface area (Å²) in [6.07, 6.45) is 3.62. The van der Waals surface area contributed by atoms with Crippen molar-refractivity contribution in [3.63, 3.8) is 0 Å². The van der Waals surface area contributed by atoms with Gasteiger partial charge in [-0.05, 0) is 42.7 Å². The van der Waals surface area contributed by atoms with Crippen LogP contribution in [0.4, 0.5) is 0 Å². The SMILES string of the molecule is CSCC[C@H](NC(=O)CCNC(=O)c1cc2ccc(O)cc2oc1=O)C(=O)c1ccnc(CN)n1. The van der Waals surface area contributed by atoms with E-state index in [0.717, 1.165) is 0 Å². The fourth-order valence-corrected chi connectivity index (χ4v) is 3.70. The van der Waals surface area contributed by atoms with E-state index in [1.54, 1.807) is 0 Å². The highest BCUT2D eigenvalue weighted by Crippen LogP contribution is 2.19. The van der Waals surface area contributed by atoms with Gasteiger partial charge in [0.1, 0.15) is 28.4 Å². The van der Waals surface area contributed by atoms with Crippen LogP contribution in [0.25, 0.3) is 11.0 Å². The maximum absolute atomic E-state index is 12.9. The van der Waals surface area contributed by atoms with Gasteiger partial charge < -0.3 is 25.9 Å². The van der Waals surface area contributed by atoms with Gasteiger partial charge in [-0.3, -0.25) is 14.4 Å². The molecule has 0 spiro atoms. The number of fused-ring (bicyclic) bond motifs is 1. The first-order chi connectivity index (χ1) is 16.8. The summed E-state index contributed by atoms with van der Waals surface area (Å²) in [5.41, 5.74) is 4.76. The summed E-state index contributed by atoms with van der Waals surface area (Å²) in [6, 6.07) is 6.21. The Morgan fingerprint density at radius 1 is 1.23 bits per heavy atom. The van der Waals surface area contributed by atoms with E-state index in [-0.39, 0.29) is 47.9 Å². The van der Waals surface area contributed by atoms with E-state index >= 15 is 0 Å². The number of amides is 2. The molecule has 0 bridgehead atoms. The fraction of sp³-hybridized carbons (Fsp3) is 0.304. The zero-order valence-electron chi connectivity index (χ0n) is 18.9. The van der Waals surface area contributed by atoms with Crippen molar-refractivity contribution in [1.82, 2.24) is 20.6 Å². The van der Waals surface area contributed by atoms with Gasteiger partial charge in [-0.15, -0.1) is 0 Å². The van der Waals surface area contributed by atoms with Crippen LogP contribution in [0.15, 0.2) is 45.7 Å². The third-order valence-corrected chi connectivity index (χ3v) is 5.65. The van der Waals surface area contributed by atoms with Crippen LogP contribution in [-0.2, 0) is 11.3 Å². The molecule has 0 fully saturated rings. The summed E-state index contributed by atoms with van der Waals surface area (Å²) >= 11 is 1.53. The number of hydrogen-bond donors (Lipinski definition) is 4. The van der Waals surface area contributed by atoms with E-state index in [1.165, 1.54) is 48.3 Å². The highest BCUT2D eigenvalue weighted by molar-refractivity contribution is 7.98. The smallest absolute Gasteiger partial charge is 0.349 e. The fourth-order valence-electron chi connectivity index (χ4n) is 3.23. The van der Waals surface area contributed by atoms with Crippen molar-refractivity contribution in [2.45, 2.75) is 25.4 Å². The number of rotatable bonds is 11. The van der Waals surface area contributed by atoms with Gasteiger partial charge in [0.15, 0.2) is 0 Å². The molecule has 0 aliphatic rings. The largest absolute Gasteiger partial charge is 0.508 e. The maximum Gasteiger partial charge on any atom is 0.349 e. The van der Waals surface area contributed by atoms with E-state index in [1.807, 2.05) is 6.26 Å². The van der Waals surface area contributed by atoms with Crippen LogP contribution in [0.5, 0.6) is 5.75 Å². The molecule has 2 aromatic heterocycles. The van der Waals surface area contributed by atoms with Crippen molar-refractivity contribution in [2.24, 2.45) is 5.73 Å². The Morgan fingerprint density at radius 2 is 2.03 bits per heavy atom. The van der Waals surface area contributed by atoms with Crippen molar-refractivity contribution in [3.05, 3.63) is 64.0 Å². The molecule has 0 saturated carbocycles. The summed E-state index contributed by atoms with van der Waals surface area (Å²) in [5.74, 6) is -0.613. The van der Waals surface area contributed by atoms with Gasteiger partial charge in [-0.25, -0.2) is 14.8 Å². The topological polar surface area (TPSA) is 178 Å². The Labute approximate surface area is 204 Å². The lowest BCUT2D eigenvalue weighted by Crippen LogP contribution is -2.43. The summed E-state index contributed by atoms with van der Waals surface area (Å²) in [5, 5.41) is 15.1. The minimum absolute atomic E-state index is 0.0635. The molecule has 3 aromatic rings. The van der Waals surface area contributed by atoms with E-state index in [9.17, 15) is 24.3 Å². The number of Topliss-reactive ketones (excluding diaryl/α,β-unsaturated/α-hetero) is 1. The predicted molar refractivity (Wildman–Crippen MR) is 130 cm³/mol. The predicted octanol–water partition coefficient (Wildman–Crippen LogP) is 0.988. The van der Waals surface area contributed by atoms with Gasteiger partial charge >= 0.3 is 5.63 Å². The van der Waals surface area contributed by atoms with Crippen molar-refractivity contribution in [3.8, 4) is 5.75 Å². The lowest BCUT2D eigenvalue weighted by Gasteiger charge is -2.17. The quantitative estimate of drug-likeness (QED) is 0.220. The van der Waals surface area contributed by atoms with Crippen LogP contribution in [0.3, 0.4) is 0 Å². The second kappa shape index (κ2) is 12.1. The van der Waals surface area contributed by atoms with Crippen LogP contribution in [0.2, 0.25) is 0 Å². The number of hydrogen-bond acceptors (Lipinski definition) is 10. The molecule has 0 radical (unpaired) electrons. The second-order valence-corrected chi connectivity index (χ2v) is 8.49. The summed E-state index contributed by atoms with van der Waals surface area (Å²) in [6.45, 7) is 0.0205. The summed E-state index contributed by atoms with van der Waals surface area (Å²) in [7, 11) is 0. The lowest BCUT2D eigenvalue weighted by atomic mass is 10.1. The molecule has 3 rings (SSSR count). The summed E-state index contributed by atoms with van der Waals surface area (Å²) < 4.78 is 5.08. The average Bonchev–Trinajstić information content (AvgIpc) is 2.85. The van der Waals surface area contributed by atoms with Gasteiger partial charge in [0.05, 0.1) is 12.6 Å². The van der Waals surface area contributed by atoms with Crippen molar-refractivity contribution in [1.29, 1.82) is 0 Å². The number of phenolic OH excluding ortho intramolecular Hbond substituents is 1. The lowest BCUT2D eigenvalue weighted by molar-refractivity contribution is -0.121. The van der Waals surface area contributed by atoms with E-state index in [4.69, 9.17) is 10.2 Å². The van der Waals surface area contributed by atoms with Gasteiger partial charge in [0.2, 0.25) is 11.7 Å². The number of nitrogens with zero attached hydrogens (tertiary/aromatic N) is 2. The molecular formula is C23H25N5O6S. The van der Waals surface area contributed by atoms with Crippen LogP contribution in [-0.4, -0.2) is 57.3 Å². The van der Waals surface area contributed by atoms with Crippen LogP contribution in [0.1, 0.15) is 39.5 Å². The molecule has 1 atom stereocenters. The zero-order chi connectivity index (χ0) is 25.4. The highest BCUT2D eigenvalue weighted by atomic mass is 32.2. The zero-order valence-corrected chi connectivity index (χ0v) is 19.8. The van der Waals surface area contributed by atoms with Gasteiger partial charge in [-0.2, -0.15) is 11.8 Å². The van der Waals surface area contributed by atoms with Gasteiger partial charge in [0, 0.05) is 30.6 Å². The molecule has 5 N–H and O–H groups in total. The molecule has 12 heteroatoms. The number of ketones is 1. The Hall–Kier alpha value is -3.77. The standard InChI is InChI=1S/C23H25N5O6S/c1-35-9-6-17(21(31)16-4-7-25-19(12-24)27-16)28-20(30)5-8-26-22(32)15-10-13-2-3-14(29)11-18(13)34-23(15)33/h2-4,7,10-11,17,29H,5-6,8-9,12,24H2,1H3,(H,26,32)(H,28,30)/t17-/m0/s1. The molecule has 1 aromatic carbocycles. The minimum Gasteiger partial charge on any atom is -0.508 e. The van der Waals surface area contributed by atoms with E-state index in [0.29, 0.717) is 23.4 Å². The van der Waals surface area contributed by atoms with Crippen molar-refractivity contribution in [2.75, 3.05) is 18.6 Å². The van der Waals surface area contributed by atoms with Crippen LogP contribution >= 0.6 is 11.8 Å². The average molecular weight is 500 g/mol. The third kappa shape index (κ3) is 6.87. The first-order valence-corrected chi connectivity index (χ1v) is 12.1. The molecule has 184 valence electrons. The van der Waals surface area contributed by atoms with Crippen molar-refractivity contribution >= 4 is 40.3 Å². The van der Waals surface area contributed by atoms with Gasteiger partial charge in [-0.1, -0.05) is 0 Å². The number of nitrogens with two attached hydrogens (primary N) is 1. The number of phenols is 1. The molecule has 35 heavy (non-hydrogen) atoms. The maximum atomic E-state index is 12.9. The Kier molecular flexibility index (Phi) is 8.92. The number of benzene rings is 1. The molecule has 0 saturated heterocycles. The first-order valence-electron chi connectivity index (χ1n) is 10.7. The third-order valence-electron chi connectivity index (χ3n) is 5.00. The number of aromatic nitrogens is 2. The normalized spacial score (nSPS) is 11.7. The van der Waals surface area contributed by atoms with Crippen LogP contribution < -0.4 is 22.0 Å². The summed E-state index contributed by atoms with van der Waals surface area (Å²) in [4.78, 5) is 58.1. The number of aromatic hydroxyl groups is 1. The Morgan fingerprint density at radius 3 is 2.77 bits per heavy atom. The highest BCUT2D eigenvalue weighted by Gasteiger charge is 2.23. The minimum atomic E-state index is -0.866. The monoisotopic (exact) mass is 499 g/mol. The first kappa shape index (κ1) is 25.8. The van der Waals surface area contributed by atoms with Crippen molar-refractivity contribution < 1.29 is 23.9 Å². The van der Waals surface area contributed by atoms with E-state index < -0.39 is 23.5 Å². The molecule has 2 heterocycles. The molecular weight excluding hydrogens is 474 g/mol. The second-order valence-electron chi connectivity index (χ2n) is 7.50. The Bertz CT molecular complexity index is 1290. The van der Waals surface area contributed by atoms with Gasteiger partial charge in [0.25, 0.3) is 5.91 Å². The number of carbonyl (C=O) groups is 3. The van der Waals surface area contributed by atoms with Crippen LogP contribution in [0, 0.1) is 0 Å². The molecule has 11 nitrogen and oxygen atoms in total. The number of thioether (sulfide) groups is 1. The molecule has 0 aliphatic heterocycles. The molecule has 0 unspecified atom stereocenters. The molecule has 0 aliphatic carbocycles. The molecule has 2 amide bonds.